The second kappa shape index (κ2) is 2.43. The number of benzene rings is 1. The molecule has 2 rings (SSSR count). The fraction of sp³-hybridized carbons (Fsp3) is 0. The first kappa shape index (κ1) is 6.49. The molecular weight excluding hydrogens is 162 g/mol. The molecule has 56 valence electrons. The van der Waals surface area contributed by atoms with Crippen LogP contribution in [0.5, 0.6) is 0 Å². The van der Waals surface area contributed by atoms with Crippen LogP contribution in [-0.4, -0.2) is 6.34 Å². The van der Waals surface area contributed by atoms with Gasteiger partial charge in [-0.1, -0.05) is 11.6 Å². The molecule has 1 aliphatic heterocycles. The Morgan fingerprint density at radius 1 is 1.36 bits per heavy atom. The summed E-state index contributed by atoms with van der Waals surface area (Å²) in [7, 11) is 0. The van der Waals surface area contributed by atoms with Crippen LogP contribution in [0.4, 0.5) is 11.4 Å². The van der Waals surface area contributed by atoms with Gasteiger partial charge in [0.2, 0.25) is 0 Å². The van der Waals surface area contributed by atoms with Crippen LogP contribution in [0.15, 0.2) is 23.2 Å². The summed E-state index contributed by atoms with van der Waals surface area (Å²) in [4.78, 5) is 4.08. The number of halogens is 1. The molecule has 0 spiro atoms. The maximum absolute atomic E-state index is 5.76. The summed E-state index contributed by atoms with van der Waals surface area (Å²) < 4.78 is 0. The van der Waals surface area contributed by atoms with Crippen molar-refractivity contribution in [2.24, 2.45) is 4.99 Å². The minimum atomic E-state index is 0.704. The molecule has 2 N–H and O–H groups in total. The van der Waals surface area contributed by atoms with Gasteiger partial charge in [0, 0.05) is 5.02 Å². The molecule has 0 fully saturated rings. The van der Waals surface area contributed by atoms with Crippen LogP contribution in [0.3, 0.4) is 0 Å². The lowest BCUT2D eigenvalue weighted by atomic mass is 10.3. The first-order valence-corrected chi connectivity index (χ1v) is 3.58. The number of fused-ring (bicyclic) bond motifs is 1. The van der Waals surface area contributed by atoms with Crippen molar-refractivity contribution in [2.75, 3.05) is 5.43 Å². The molecule has 1 heterocycles. The summed E-state index contributed by atoms with van der Waals surface area (Å²) in [5.41, 5.74) is 7.49. The molecule has 4 heteroatoms. The molecule has 0 radical (unpaired) electrons. The van der Waals surface area contributed by atoms with E-state index in [9.17, 15) is 0 Å². The molecule has 3 nitrogen and oxygen atoms in total. The maximum atomic E-state index is 5.76. The average Bonchev–Trinajstić information content (AvgIpc) is 2.04. The first-order chi connectivity index (χ1) is 5.36. The summed E-state index contributed by atoms with van der Waals surface area (Å²) in [5, 5.41) is 0.704. The highest BCUT2D eigenvalue weighted by atomic mass is 35.5. The lowest BCUT2D eigenvalue weighted by Crippen LogP contribution is -2.21. The van der Waals surface area contributed by atoms with Crippen LogP contribution in [0, 0.1) is 0 Å². The Hall–Kier alpha value is -1.22. The Bertz CT molecular complexity index is 309. The zero-order chi connectivity index (χ0) is 7.68. The lowest BCUT2D eigenvalue weighted by Gasteiger charge is -2.12. The molecule has 11 heavy (non-hydrogen) atoms. The van der Waals surface area contributed by atoms with E-state index in [4.69, 9.17) is 11.6 Å². The largest absolute Gasteiger partial charge is 0.298 e. The fourth-order valence-corrected chi connectivity index (χ4v) is 1.10. The van der Waals surface area contributed by atoms with Gasteiger partial charge in [-0.3, -0.25) is 10.9 Å². The van der Waals surface area contributed by atoms with Crippen molar-refractivity contribution in [3.63, 3.8) is 0 Å². The fourth-order valence-electron chi connectivity index (χ4n) is 0.933. The van der Waals surface area contributed by atoms with Crippen LogP contribution >= 0.6 is 11.6 Å². The summed E-state index contributed by atoms with van der Waals surface area (Å²) in [6.07, 6.45) is 1.59. The van der Waals surface area contributed by atoms with E-state index in [1.807, 2.05) is 18.2 Å². The highest BCUT2D eigenvalue weighted by Crippen LogP contribution is 2.28. The molecule has 0 aromatic heterocycles. The number of hydrogen-bond donors (Lipinski definition) is 2. The second-order valence-electron chi connectivity index (χ2n) is 2.19. The summed E-state index contributed by atoms with van der Waals surface area (Å²) in [6.45, 7) is 0. The molecule has 1 aromatic carbocycles. The summed E-state index contributed by atoms with van der Waals surface area (Å²) in [5.74, 6) is 0. The van der Waals surface area contributed by atoms with Gasteiger partial charge in [-0.15, -0.1) is 0 Å². The first-order valence-electron chi connectivity index (χ1n) is 3.20. The zero-order valence-corrected chi connectivity index (χ0v) is 6.39. The Kier molecular flexibility index (Phi) is 1.43. The second-order valence-corrected chi connectivity index (χ2v) is 2.63. The Labute approximate surface area is 69.1 Å². The van der Waals surface area contributed by atoms with E-state index in [1.54, 1.807) is 6.34 Å². The third-order valence-corrected chi connectivity index (χ3v) is 1.67. The van der Waals surface area contributed by atoms with Gasteiger partial charge in [0.05, 0.1) is 11.4 Å². The molecule has 0 saturated heterocycles. The number of rotatable bonds is 0. The van der Waals surface area contributed by atoms with Crippen LogP contribution in [0.25, 0.3) is 0 Å². The molecule has 0 atom stereocenters. The minimum absolute atomic E-state index is 0.704. The van der Waals surface area contributed by atoms with E-state index >= 15 is 0 Å². The molecule has 0 aliphatic carbocycles. The van der Waals surface area contributed by atoms with Crippen molar-refractivity contribution in [2.45, 2.75) is 0 Å². The van der Waals surface area contributed by atoms with Gasteiger partial charge in [-0.25, -0.2) is 4.99 Å². The number of nitrogens with zero attached hydrogens (tertiary/aromatic N) is 1. The monoisotopic (exact) mass is 167 g/mol. The molecule has 0 saturated carbocycles. The Morgan fingerprint density at radius 2 is 2.27 bits per heavy atom. The van der Waals surface area contributed by atoms with Gasteiger partial charge in [0.15, 0.2) is 0 Å². The predicted octanol–water partition coefficient (Wildman–Crippen LogP) is 1.93. The van der Waals surface area contributed by atoms with Crippen LogP contribution in [-0.2, 0) is 0 Å². The molecule has 1 aromatic rings. The van der Waals surface area contributed by atoms with E-state index in [0.717, 1.165) is 11.4 Å². The minimum Gasteiger partial charge on any atom is -0.298 e. The van der Waals surface area contributed by atoms with E-state index in [1.165, 1.54) is 0 Å². The van der Waals surface area contributed by atoms with Crippen molar-refractivity contribution in [1.29, 1.82) is 0 Å². The quantitative estimate of drug-likeness (QED) is 0.620. The number of hydrogen-bond acceptors (Lipinski definition) is 3. The zero-order valence-electron chi connectivity index (χ0n) is 5.63. The average molecular weight is 168 g/mol. The van der Waals surface area contributed by atoms with E-state index in [0.29, 0.717) is 5.02 Å². The van der Waals surface area contributed by atoms with E-state index in [2.05, 4.69) is 15.8 Å². The van der Waals surface area contributed by atoms with Crippen molar-refractivity contribution in [3.05, 3.63) is 23.2 Å². The highest BCUT2D eigenvalue weighted by Gasteiger charge is 2.03. The summed E-state index contributed by atoms with van der Waals surface area (Å²) in [6, 6.07) is 5.49. The van der Waals surface area contributed by atoms with Gasteiger partial charge in [-0.05, 0) is 18.2 Å². The van der Waals surface area contributed by atoms with E-state index in [-0.39, 0.29) is 0 Å². The number of aliphatic imine (C=N–C) groups is 1. The van der Waals surface area contributed by atoms with Gasteiger partial charge in [-0.2, -0.15) is 0 Å². The summed E-state index contributed by atoms with van der Waals surface area (Å²) >= 11 is 5.76. The SMILES string of the molecule is Clc1ccc2c(c1)NNC=N2. The standard InChI is InChI=1S/C7H6ClN3/c8-5-1-2-6-7(3-5)11-10-4-9-6/h1-4,11H,(H,9,10). The van der Waals surface area contributed by atoms with Gasteiger partial charge < -0.3 is 0 Å². The van der Waals surface area contributed by atoms with Gasteiger partial charge in [0.1, 0.15) is 6.34 Å². The van der Waals surface area contributed by atoms with Crippen LogP contribution in [0.2, 0.25) is 5.02 Å². The molecular formula is C7H6ClN3. The van der Waals surface area contributed by atoms with Crippen molar-refractivity contribution in [1.82, 2.24) is 5.43 Å². The third kappa shape index (κ3) is 1.14. The number of hydrazine groups is 1. The number of nitrogens with one attached hydrogen (secondary N) is 2. The molecule has 0 bridgehead atoms. The van der Waals surface area contributed by atoms with Crippen molar-refractivity contribution >= 4 is 29.3 Å². The number of anilines is 1. The lowest BCUT2D eigenvalue weighted by molar-refractivity contribution is 1.12. The van der Waals surface area contributed by atoms with Gasteiger partial charge in [0.25, 0.3) is 0 Å². The molecule has 1 aliphatic rings. The topological polar surface area (TPSA) is 36.4 Å². The van der Waals surface area contributed by atoms with E-state index < -0.39 is 0 Å². The Balaban J connectivity index is 2.53. The smallest absolute Gasteiger partial charge is 0.107 e. The van der Waals surface area contributed by atoms with Crippen molar-refractivity contribution < 1.29 is 0 Å². The van der Waals surface area contributed by atoms with Gasteiger partial charge >= 0.3 is 0 Å². The molecule has 0 unspecified atom stereocenters. The Morgan fingerprint density at radius 3 is 3.18 bits per heavy atom. The maximum Gasteiger partial charge on any atom is 0.107 e. The van der Waals surface area contributed by atoms with Crippen LogP contribution in [0.1, 0.15) is 0 Å². The normalized spacial score (nSPS) is 13.2. The van der Waals surface area contributed by atoms with Crippen molar-refractivity contribution in [3.8, 4) is 0 Å². The highest BCUT2D eigenvalue weighted by molar-refractivity contribution is 6.31. The van der Waals surface area contributed by atoms with Crippen LogP contribution < -0.4 is 10.9 Å². The third-order valence-electron chi connectivity index (χ3n) is 1.43. The molecule has 0 amide bonds. The predicted molar refractivity (Wildman–Crippen MR) is 46.4 cm³/mol.